The third-order valence-electron chi connectivity index (χ3n) is 10.1. The Morgan fingerprint density at radius 1 is 0.782 bits per heavy atom. The molecule has 0 spiro atoms. The number of carbonyl (C=O) groups excluding carboxylic acids is 1. The third kappa shape index (κ3) is 9.36. The number of ether oxygens (including phenoxy) is 2. The first kappa shape index (κ1) is 39.9. The normalized spacial score (nSPS) is 20.8. The number of alkyl halides is 5. The van der Waals surface area contributed by atoms with Gasteiger partial charge in [-0.2, -0.15) is 26.7 Å². The van der Waals surface area contributed by atoms with Crippen molar-refractivity contribution >= 4 is 32.7 Å². The molecule has 2 aliphatic heterocycles. The average Bonchev–Trinajstić information content (AvgIpc) is 3.75. The van der Waals surface area contributed by atoms with Crippen LogP contribution in [0.15, 0.2) is 95.9 Å². The van der Waals surface area contributed by atoms with Gasteiger partial charge in [0.05, 0.1) is 11.0 Å². The van der Waals surface area contributed by atoms with Gasteiger partial charge in [-0.1, -0.05) is 30.3 Å². The summed E-state index contributed by atoms with van der Waals surface area (Å²) in [6, 6.07) is 20.6. The Morgan fingerprint density at radius 3 is 1.93 bits per heavy atom. The van der Waals surface area contributed by atoms with Crippen molar-refractivity contribution in [3.8, 4) is 17.2 Å². The number of carbonyl (C=O) groups is 2. The van der Waals surface area contributed by atoms with E-state index in [1.807, 2.05) is 12.1 Å². The van der Waals surface area contributed by atoms with Crippen molar-refractivity contribution in [1.82, 2.24) is 9.62 Å². The van der Waals surface area contributed by atoms with Crippen molar-refractivity contribution in [2.24, 2.45) is 5.73 Å². The van der Waals surface area contributed by atoms with Gasteiger partial charge in [0.1, 0.15) is 17.2 Å². The standard InChI is InChI=1S/C37H39F2N3O5S.C2HF3O2/c38-37(39,26-12-17-32(18-13-26)46-30-6-2-1-3-7-30)35(36(43)42-28-14-15-29(42)23-27(40)22-28)41-48(44,45)34-19-11-24-20-33(16-10-25(24)21-34)47-31-8-4-5-9-31;3-2(4,5)1(6)7/h1-3,6-7,10-13,16-21,27-29,31,35,41H,4-5,8-9,14-15,22-23,40H2;(H,6,7)/t27?,28?,29?,35-;/m1./s1. The van der Waals surface area contributed by atoms with Gasteiger partial charge in [-0.05, 0) is 123 Å². The molecule has 0 aromatic heterocycles. The Morgan fingerprint density at radius 2 is 1.33 bits per heavy atom. The van der Waals surface area contributed by atoms with Crippen LogP contribution in [0, 0.1) is 0 Å². The van der Waals surface area contributed by atoms with Crippen molar-refractivity contribution < 1.29 is 54.5 Å². The van der Waals surface area contributed by atoms with Crippen LogP contribution in [0.5, 0.6) is 17.2 Å². The van der Waals surface area contributed by atoms with Gasteiger partial charge in [0.2, 0.25) is 15.9 Å². The smallest absolute Gasteiger partial charge is 0.490 e. The molecule has 16 heteroatoms. The first-order valence-electron chi connectivity index (χ1n) is 17.8. The van der Waals surface area contributed by atoms with E-state index in [-0.39, 0.29) is 29.1 Å². The minimum Gasteiger partial charge on any atom is -0.490 e. The number of halogens is 5. The van der Waals surface area contributed by atoms with Crippen LogP contribution < -0.4 is 19.9 Å². The summed E-state index contributed by atoms with van der Waals surface area (Å²) < 4.78 is 107. The summed E-state index contributed by atoms with van der Waals surface area (Å²) in [6.45, 7) is 0. The second-order valence-corrected chi connectivity index (χ2v) is 15.7. The summed E-state index contributed by atoms with van der Waals surface area (Å²) in [5, 5.41) is 8.48. The van der Waals surface area contributed by atoms with Gasteiger partial charge in [0.15, 0.2) is 6.04 Å². The second-order valence-electron chi connectivity index (χ2n) is 14.0. The summed E-state index contributed by atoms with van der Waals surface area (Å²) >= 11 is 0. The Balaban J connectivity index is 0.000000672. The van der Waals surface area contributed by atoms with Crippen LogP contribution in [0.1, 0.15) is 56.9 Å². The maximum absolute atomic E-state index is 16.6. The largest absolute Gasteiger partial charge is 0.490 e. The number of carboxylic acids is 1. The van der Waals surface area contributed by atoms with Gasteiger partial charge >= 0.3 is 12.1 Å². The molecule has 3 fully saturated rings. The van der Waals surface area contributed by atoms with E-state index >= 15 is 8.78 Å². The highest BCUT2D eigenvalue weighted by Gasteiger charge is 2.53. The van der Waals surface area contributed by atoms with Crippen LogP contribution >= 0.6 is 0 Å². The lowest BCUT2D eigenvalue weighted by molar-refractivity contribution is -0.192. The predicted molar refractivity (Wildman–Crippen MR) is 192 cm³/mol. The SMILES string of the molecule is NC1CC2CCC(C1)N2C(=O)[C@@H](NS(=O)(=O)c1ccc2cc(OC3CCCC3)ccc2c1)C(F)(F)c1ccc(Oc2ccccc2)cc1.O=C(O)C(F)(F)F. The van der Waals surface area contributed by atoms with Crippen LogP contribution in [0.4, 0.5) is 22.0 Å². The minimum absolute atomic E-state index is 0.138. The van der Waals surface area contributed by atoms with Crippen LogP contribution in [-0.2, 0) is 25.5 Å². The lowest BCUT2D eigenvalue weighted by atomic mass is 9.94. The molecule has 2 saturated heterocycles. The highest BCUT2D eigenvalue weighted by atomic mass is 32.2. The van der Waals surface area contributed by atoms with E-state index in [9.17, 15) is 26.4 Å². The highest BCUT2D eigenvalue weighted by molar-refractivity contribution is 7.89. The fourth-order valence-corrected chi connectivity index (χ4v) is 8.63. The van der Waals surface area contributed by atoms with Gasteiger partial charge in [-0.3, -0.25) is 4.79 Å². The third-order valence-corrected chi connectivity index (χ3v) is 11.5. The summed E-state index contributed by atoms with van der Waals surface area (Å²) in [5.41, 5.74) is 5.68. The molecule has 2 bridgehead atoms. The van der Waals surface area contributed by atoms with Crippen molar-refractivity contribution in [2.45, 2.75) is 98.6 Å². The number of nitrogens with zero attached hydrogens (tertiary/aromatic N) is 1. The van der Waals surface area contributed by atoms with E-state index in [1.165, 1.54) is 29.2 Å². The Bertz CT molecular complexity index is 2080. The van der Waals surface area contributed by atoms with Crippen LogP contribution in [0.2, 0.25) is 0 Å². The zero-order chi connectivity index (χ0) is 39.5. The molecule has 3 aliphatic rings. The van der Waals surface area contributed by atoms with E-state index < -0.39 is 45.6 Å². The molecule has 7 rings (SSSR count). The maximum atomic E-state index is 16.6. The molecule has 55 heavy (non-hydrogen) atoms. The molecule has 1 amide bonds. The van der Waals surface area contributed by atoms with Gasteiger partial charge in [0.25, 0.3) is 5.92 Å². The number of hydrogen-bond donors (Lipinski definition) is 3. The van der Waals surface area contributed by atoms with Crippen LogP contribution in [0.25, 0.3) is 10.8 Å². The molecule has 2 heterocycles. The second kappa shape index (κ2) is 16.1. The molecule has 294 valence electrons. The lowest BCUT2D eigenvalue weighted by Gasteiger charge is -2.41. The summed E-state index contributed by atoms with van der Waals surface area (Å²) in [7, 11) is -4.59. The number of nitrogens with one attached hydrogen (secondary N) is 1. The average molecular weight is 790 g/mol. The zero-order valence-electron chi connectivity index (χ0n) is 29.4. The number of hydrogen-bond acceptors (Lipinski definition) is 7. The quantitative estimate of drug-likeness (QED) is 0.140. The van der Waals surface area contributed by atoms with E-state index in [2.05, 4.69) is 4.72 Å². The molecule has 10 nitrogen and oxygen atoms in total. The number of carboxylic acid groups (broad SMARTS) is 1. The maximum Gasteiger partial charge on any atom is 0.490 e. The summed E-state index contributed by atoms with van der Waals surface area (Å²) in [6.07, 6.45) is 1.60. The number of nitrogens with two attached hydrogens (primary N) is 1. The van der Waals surface area contributed by atoms with Crippen molar-refractivity contribution in [1.29, 1.82) is 0 Å². The number of amides is 1. The zero-order valence-corrected chi connectivity index (χ0v) is 30.2. The first-order valence-corrected chi connectivity index (χ1v) is 19.3. The van der Waals surface area contributed by atoms with Gasteiger partial charge in [0, 0.05) is 23.7 Å². The number of para-hydroxylation sites is 1. The molecule has 4 aromatic carbocycles. The monoisotopic (exact) mass is 789 g/mol. The lowest BCUT2D eigenvalue weighted by Crippen LogP contribution is -2.60. The Kier molecular flexibility index (Phi) is 11.7. The van der Waals surface area contributed by atoms with E-state index in [1.54, 1.807) is 42.5 Å². The number of fused-ring (bicyclic) bond motifs is 3. The minimum atomic E-state index is -5.08. The Labute approximate surface area is 314 Å². The van der Waals surface area contributed by atoms with Gasteiger partial charge < -0.3 is 25.2 Å². The molecule has 0 radical (unpaired) electrons. The number of benzene rings is 4. The molecule has 4 aromatic rings. The van der Waals surface area contributed by atoms with Crippen molar-refractivity contribution in [3.63, 3.8) is 0 Å². The van der Waals surface area contributed by atoms with Gasteiger partial charge in [-0.15, -0.1) is 0 Å². The van der Waals surface area contributed by atoms with E-state index in [0.717, 1.165) is 43.2 Å². The molecule has 3 atom stereocenters. The van der Waals surface area contributed by atoms with E-state index in [4.69, 9.17) is 25.1 Å². The van der Waals surface area contributed by atoms with Crippen LogP contribution in [-0.4, -0.2) is 66.7 Å². The summed E-state index contributed by atoms with van der Waals surface area (Å²) in [4.78, 5) is 24.3. The molecular formula is C39H40F5N3O7S. The molecule has 4 N–H and O–H groups in total. The van der Waals surface area contributed by atoms with E-state index in [0.29, 0.717) is 48.3 Å². The first-order chi connectivity index (χ1) is 26.0. The van der Waals surface area contributed by atoms with Gasteiger partial charge in [-0.25, -0.2) is 13.2 Å². The predicted octanol–water partition coefficient (Wildman–Crippen LogP) is 7.51. The molecular weight excluding hydrogens is 750 g/mol. The van der Waals surface area contributed by atoms with Crippen molar-refractivity contribution in [3.05, 3.63) is 96.6 Å². The topological polar surface area (TPSA) is 148 Å². The fourth-order valence-electron chi connectivity index (χ4n) is 7.41. The highest BCUT2D eigenvalue weighted by Crippen LogP contribution is 2.40. The number of sulfonamides is 1. The fraction of sp³-hybridized carbons (Fsp3) is 0.385. The Hall–Kier alpha value is -4.80. The summed E-state index contributed by atoms with van der Waals surface area (Å²) in [5.74, 6) is -6.07. The molecule has 1 aliphatic carbocycles. The van der Waals surface area contributed by atoms with Crippen molar-refractivity contribution in [2.75, 3.05) is 0 Å². The van der Waals surface area contributed by atoms with Crippen LogP contribution in [0.3, 0.4) is 0 Å². The number of rotatable bonds is 10. The number of piperidine rings is 1. The molecule has 1 saturated carbocycles. The number of aliphatic carboxylic acids is 1. The molecule has 2 unspecified atom stereocenters.